The van der Waals surface area contributed by atoms with Crippen molar-refractivity contribution in [2.24, 2.45) is 0 Å². The van der Waals surface area contributed by atoms with Crippen LogP contribution in [0.25, 0.3) is 0 Å². The molecule has 0 aliphatic rings. The molecule has 70 valence electrons. The Hall–Kier alpha value is -0.250. The molecular weight excluding hydrogens is 277 g/mol. The minimum Gasteiger partial charge on any atom is -0.398 e. The Balaban J connectivity index is 3.20. The highest BCUT2D eigenvalue weighted by atomic mass is 79.9. The standard InChI is InChI=1S/C8H6BrCl2NO/c9-8-5(11)1-4(2-6(8)12)7(13)3-10/h1-2H,3,12H2. The largest absolute Gasteiger partial charge is 0.398 e. The fourth-order valence-corrected chi connectivity index (χ4v) is 1.46. The Labute approximate surface area is 94.1 Å². The highest BCUT2D eigenvalue weighted by Gasteiger charge is 2.09. The van der Waals surface area contributed by atoms with Gasteiger partial charge in [-0.25, -0.2) is 0 Å². The fourth-order valence-electron chi connectivity index (χ4n) is 0.848. The van der Waals surface area contributed by atoms with Crippen LogP contribution in [0, 0.1) is 0 Å². The molecule has 5 heteroatoms. The summed E-state index contributed by atoms with van der Waals surface area (Å²) >= 11 is 14.4. The number of ketones is 1. The van der Waals surface area contributed by atoms with Crippen molar-refractivity contribution in [1.82, 2.24) is 0 Å². The maximum Gasteiger partial charge on any atom is 0.177 e. The second-order valence-corrected chi connectivity index (χ2v) is 3.89. The third-order valence-electron chi connectivity index (χ3n) is 1.50. The molecule has 0 aromatic heterocycles. The van der Waals surface area contributed by atoms with Crippen LogP contribution in [0.2, 0.25) is 5.02 Å². The van der Waals surface area contributed by atoms with Gasteiger partial charge in [0.15, 0.2) is 5.78 Å². The number of alkyl halides is 1. The van der Waals surface area contributed by atoms with Gasteiger partial charge >= 0.3 is 0 Å². The zero-order valence-corrected chi connectivity index (χ0v) is 9.58. The summed E-state index contributed by atoms with van der Waals surface area (Å²) < 4.78 is 0.597. The molecule has 0 fully saturated rings. The van der Waals surface area contributed by atoms with Crippen LogP contribution in [-0.2, 0) is 0 Å². The molecule has 0 bridgehead atoms. The quantitative estimate of drug-likeness (QED) is 0.515. The second-order valence-electron chi connectivity index (χ2n) is 2.42. The van der Waals surface area contributed by atoms with Gasteiger partial charge in [0, 0.05) is 11.3 Å². The number of hydrogen-bond donors (Lipinski definition) is 1. The van der Waals surface area contributed by atoms with Crippen molar-refractivity contribution in [2.45, 2.75) is 0 Å². The maximum atomic E-state index is 11.2. The van der Waals surface area contributed by atoms with Crippen LogP contribution < -0.4 is 5.73 Å². The van der Waals surface area contributed by atoms with Gasteiger partial charge in [-0.1, -0.05) is 11.6 Å². The van der Waals surface area contributed by atoms with Crippen molar-refractivity contribution in [3.8, 4) is 0 Å². The van der Waals surface area contributed by atoms with Gasteiger partial charge < -0.3 is 5.73 Å². The second kappa shape index (κ2) is 4.31. The molecule has 2 nitrogen and oxygen atoms in total. The molecule has 0 saturated heterocycles. The van der Waals surface area contributed by atoms with Crippen LogP contribution in [0.4, 0.5) is 5.69 Å². The molecule has 0 spiro atoms. The highest BCUT2D eigenvalue weighted by Crippen LogP contribution is 2.29. The third-order valence-corrected chi connectivity index (χ3v) is 3.15. The van der Waals surface area contributed by atoms with Gasteiger partial charge in [-0.2, -0.15) is 0 Å². The molecule has 1 aromatic carbocycles. The van der Waals surface area contributed by atoms with E-state index in [9.17, 15) is 4.79 Å². The highest BCUT2D eigenvalue weighted by molar-refractivity contribution is 9.10. The molecule has 0 aliphatic carbocycles. The third kappa shape index (κ3) is 2.36. The molecule has 0 heterocycles. The van der Waals surface area contributed by atoms with E-state index >= 15 is 0 Å². The number of carbonyl (C=O) groups is 1. The Morgan fingerprint density at radius 3 is 2.62 bits per heavy atom. The van der Waals surface area contributed by atoms with E-state index in [1.807, 2.05) is 0 Å². The van der Waals surface area contributed by atoms with Crippen molar-refractivity contribution in [2.75, 3.05) is 11.6 Å². The summed E-state index contributed by atoms with van der Waals surface area (Å²) in [5, 5.41) is 0.411. The first kappa shape index (κ1) is 10.8. The number of anilines is 1. The van der Waals surface area contributed by atoms with Crippen LogP contribution in [-0.4, -0.2) is 11.7 Å². The summed E-state index contributed by atoms with van der Waals surface area (Å²) in [7, 11) is 0. The van der Waals surface area contributed by atoms with Gasteiger partial charge in [0.25, 0.3) is 0 Å². The van der Waals surface area contributed by atoms with Gasteiger partial charge in [-0.3, -0.25) is 4.79 Å². The van der Waals surface area contributed by atoms with Crippen LogP contribution in [0.1, 0.15) is 10.4 Å². The monoisotopic (exact) mass is 281 g/mol. The number of Topliss-reactive ketones (excluding diaryl/α,β-unsaturated/α-hetero) is 1. The Morgan fingerprint density at radius 2 is 2.15 bits per heavy atom. The van der Waals surface area contributed by atoms with Gasteiger partial charge in [0.05, 0.1) is 15.4 Å². The first-order valence-corrected chi connectivity index (χ1v) is 5.10. The van der Waals surface area contributed by atoms with E-state index in [0.717, 1.165) is 0 Å². The minimum absolute atomic E-state index is 0.0720. The van der Waals surface area contributed by atoms with Gasteiger partial charge in [0.2, 0.25) is 0 Å². The molecule has 0 saturated carbocycles. The summed E-state index contributed by atoms with van der Waals surface area (Å²) in [4.78, 5) is 11.2. The van der Waals surface area contributed by atoms with Crippen LogP contribution in [0.15, 0.2) is 16.6 Å². The predicted molar refractivity (Wildman–Crippen MR) is 58.6 cm³/mol. The number of rotatable bonds is 2. The summed E-state index contributed by atoms with van der Waals surface area (Å²) in [5.41, 5.74) is 6.45. The number of benzene rings is 1. The number of hydrogen-bond acceptors (Lipinski definition) is 2. The van der Waals surface area contributed by atoms with Crippen molar-refractivity contribution < 1.29 is 4.79 Å². The molecule has 0 unspecified atom stereocenters. The molecular formula is C8H6BrCl2NO. The summed E-state index contributed by atoms with van der Waals surface area (Å²) in [6, 6.07) is 3.08. The van der Waals surface area contributed by atoms with E-state index in [0.29, 0.717) is 20.7 Å². The summed E-state index contributed by atoms with van der Waals surface area (Å²) in [6.07, 6.45) is 0. The lowest BCUT2D eigenvalue weighted by Gasteiger charge is -2.03. The van der Waals surface area contributed by atoms with Crippen molar-refractivity contribution >= 4 is 50.6 Å². The zero-order valence-electron chi connectivity index (χ0n) is 6.48. The average Bonchev–Trinajstić information content (AvgIpc) is 2.12. The predicted octanol–water partition coefficient (Wildman–Crippen LogP) is 3.11. The average molecular weight is 283 g/mol. The van der Waals surface area contributed by atoms with Gasteiger partial charge in [-0.15, -0.1) is 11.6 Å². The molecule has 2 N–H and O–H groups in total. The minimum atomic E-state index is -0.192. The number of halogens is 3. The summed E-state index contributed by atoms with van der Waals surface area (Å²) in [5.74, 6) is -0.264. The molecule has 13 heavy (non-hydrogen) atoms. The Bertz CT molecular complexity index is 331. The van der Waals surface area contributed by atoms with Gasteiger partial charge in [-0.05, 0) is 28.1 Å². The van der Waals surface area contributed by atoms with E-state index in [1.54, 1.807) is 6.07 Å². The number of nitrogens with two attached hydrogens (primary N) is 1. The molecule has 0 aliphatic heterocycles. The van der Waals surface area contributed by atoms with Crippen molar-refractivity contribution in [1.29, 1.82) is 0 Å². The molecule has 0 amide bonds. The van der Waals surface area contributed by atoms with E-state index in [-0.39, 0.29) is 11.7 Å². The van der Waals surface area contributed by atoms with Crippen LogP contribution >= 0.6 is 39.1 Å². The van der Waals surface area contributed by atoms with Crippen LogP contribution in [0.3, 0.4) is 0 Å². The Kier molecular flexibility index (Phi) is 3.59. The first-order valence-electron chi connectivity index (χ1n) is 3.40. The normalized spacial score (nSPS) is 10.1. The van der Waals surface area contributed by atoms with E-state index in [4.69, 9.17) is 28.9 Å². The lowest BCUT2D eigenvalue weighted by atomic mass is 10.1. The number of nitrogen functional groups attached to an aromatic ring is 1. The smallest absolute Gasteiger partial charge is 0.177 e. The fraction of sp³-hybridized carbons (Fsp3) is 0.125. The topological polar surface area (TPSA) is 43.1 Å². The molecule has 0 atom stereocenters. The lowest BCUT2D eigenvalue weighted by Crippen LogP contribution is -2.01. The number of carbonyl (C=O) groups excluding carboxylic acids is 1. The molecule has 1 aromatic rings. The van der Waals surface area contributed by atoms with Crippen LogP contribution in [0.5, 0.6) is 0 Å². The lowest BCUT2D eigenvalue weighted by molar-refractivity contribution is 0.102. The summed E-state index contributed by atoms with van der Waals surface area (Å²) in [6.45, 7) is 0. The van der Waals surface area contributed by atoms with Crippen molar-refractivity contribution in [3.05, 3.63) is 27.2 Å². The van der Waals surface area contributed by atoms with Crippen molar-refractivity contribution in [3.63, 3.8) is 0 Å². The van der Waals surface area contributed by atoms with Gasteiger partial charge in [0.1, 0.15) is 0 Å². The SMILES string of the molecule is Nc1cc(C(=O)CCl)cc(Cl)c1Br. The molecule has 1 rings (SSSR count). The first-order chi connectivity index (χ1) is 6.06. The van der Waals surface area contributed by atoms with E-state index < -0.39 is 0 Å². The van der Waals surface area contributed by atoms with E-state index in [1.165, 1.54) is 6.07 Å². The molecule has 0 radical (unpaired) electrons. The zero-order chi connectivity index (χ0) is 10.0. The van der Waals surface area contributed by atoms with E-state index in [2.05, 4.69) is 15.9 Å². The maximum absolute atomic E-state index is 11.2. The Morgan fingerprint density at radius 1 is 1.54 bits per heavy atom.